The quantitative estimate of drug-likeness (QED) is 0.618. The molecule has 1 amide bonds. The molecule has 1 aliphatic heterocycles. The molecule has 0 spiro atoms. The van der Waals surface area contributed by atoms with Gasteiger partial charge in [-0.25, -0.2) is 14.8 Å². The lowest BCUT2D eigenvalue weighted by molar-refractivity contribution is -0.133. The summed E-state index contributed by atoms with van der Waals surface area (Å²) in [5.74, 6) is 0.192. The van der Waals surface area contributed by atoms with E-state index in [1.54, 1.807) is 11.9 Å². The summed E-state index contributed by atoms with van der Waals surface area (Å²) in [5, 5.41) is 0.206. The molecule has 1 fully saturated rings. The van der Waals surface area contributed by atoms with E-state index in [1.807, 2.05) is 37.4 Å². The molecule has 2 aromatic heterocycles. The van der Waals surface area contributed by atoms with Crippen molar-refractivity contribution in [3.05, 3.63) is 57.4 Å². The Kier molecular flexibility index (Phi) is 4.98. The van der Waals surface area contributed by atoms with Crippen molar-refractivity contribution in [1.82, 2.24) is 28.9 Å². The fourth-order valence-corrected chi connectivity index (χ4v) is 3.44. The average molecular weight is 394 g/mol. The maximum absolute atomic E-state index is 12.9. The van der Waals surface area contributed by atoms with Gasteiger partial charge in [0.25, 0.3) is 5.56 Å². The van der Waals surface area contributed by atoms with Gasteiger partial charge in [-0.15, -0.1) is 0 Å². The number of piperazine rings is 1. The minimum atomic E-state index is -0.567. The van der Waals surface area contributed by atoms with Crippen LogP contribution in [0.25, 0.3) is 22.4 Å². The number of carbonyl (C=O) groups is 1. The lowest BCUT2D eigenvalue weighted by Crippen LogP contribution is -2.50. The molecule has 0 radical (unpaired) electrons. The molecule has 3 aromatic rings. The average Bonchev–Trinajstić information content (AvgIpc) is 2.75. The monoisotopic (exact) mass is 394 g/mol. The van der Waals surface area contributed by atoms with E-state index in [0.717, 1.165) is 23.2 Å². The van der Waals surface area contributed by atoms with Gasteiger partial charge in [-0.05, 0) is 7.05 Å². The molecule has 1 saturated heterocycles. The summed E-state index contributed by atoms with van der Waals surface area (Å²) in [6, 6.07) is 9.33. The summed E-state index contributed by atoms with van der Waals surface area (Å²) in [5.41, 5.74) is -0.0821. The largest absolute Gasteiger partial charge is 0.339 e. The van der Waals surface area contributed by atoms with Crippen molar-refractivity contribution in [3.63, 3.8) is 0 Å². The van der Waals surface area contributed by atoms with E-state index in [1.165, 1.54) is 10.8 Å². The number of hydrogen-bond acceptors (Lipinski definition) is 6. The van der Waals surface area contributed by atoms with Crippen molar-refractivity contribution < 1.29 is 4.79 Å². The van der Waals surface area contributed by atoms with E-state index < -0.39 is 11.2 Å². The normalized spacial score (nSPS) is 15.0. The Morgan fingerprint density at radius 3 is 2.41 bits per heavy atom. The first-order valence-electron chi connectivity index (χ1n) is 9.44. The summed E-state index contributed by atoms with van der Waals surface area (Å²) in [7, 11) is 3.54. The number of amides is 1. The molecule has 0 aliphatic carbocycles. The van der Waals surface area contributed by atoms with Crippen LogP contribution in [0.15, 0.2) is 46.1 Å². The summed E-state index contributed by atoms with van der Waals surface area (Å²) < 4.78 is 2.26. The van der Waals surface area contributed by atoms with Crippen LogP contribution in [-0.2, 0) is 18.4 Å². The molecule has 29 heavy (non-hydrogen) atoms. The second-order valence-corrected chi connectivity index (χ2v) is 7.21. The maximum atomic E-state index is 12.9. The summed E-state index contributed by atoms with van der Waals surface area (Å²) >= 11 is 0. The van der Waals surface area contributed by atoms with Crippen molar-refractivity contribution in [1.29, 1.82) is 0 Å². The first-order valence-corrected chi connectivity index (χ1v) is 9.44. The Morgan fingerprint density at radius 2 is 1.72 bits per heavy atom. The Morgan fingerprint density at radius 1 is 1.03 bits per heavy atom. The van der Waals surface area contributed by atoms with Crippen LogP contribution in [0.4, 0.5) is 0 Å². The Balaban J connectivity index is 1.72. The van der Waals surface area contributed by atoms with Crippen molar-refractivity contribution in [2.24, 2.45) is 7.05 Å². The zero-order valence-electron chi connectivity index (χ0n) is 16.4. The first-order chi connectivity index (χ1) is 14.0. The minimum absolute atomic E-state index is 0.206. The van der Waals surface area contributed by atoms with E-state index in [-0.39, 0.29) is 23.5 Å². The van der Waals surface area contributed by atoms with Crippen molar-refractivity contribution in [2.75, 3.05) is 33.2 Å². The molecule has 0 atom stereocenters. The highest BCUT2D eigenvalue weighted by atomic mass is 16.2. The van der Waals surface area contributed by atoms with E-state index >= 15 is 0 Å². The van der Waals surface area contributed by atoms with E-state index in [9.17, 15) is 14.4 Å². The molecule has 9 nitrogen and oxygen atoms in total. The lowest BCUT2D eigenvalue weighted by atomic mass is 10.2. The zero-order valence-corrected chi connectivity index (χ0v) is 16.4. The molecule has 3 heterocycles. The topological polar surface area (TPSA) is 93.3 Å². The van der Waals surface area contributed by atoms with Crippen LogP contribution in [0.3, 0.4) is 0 Å². The first kappa shape index (κ1) is 19.0. The van der Waals surface area contributed by atoms with E-state index in [2.05, 4.69) is 14.9 Å². The molecule has 1 aliphatic rings. The number of carbonyl (C=O) groups excluding carboxylic acids is 1. The zero-order chi connectivity index (χ0) is 20.5. The summed E-state index contributed by atoms with van der Waals surface area (Å²) in [4.78, 5) is 50.9. The fourth-order valence-electron chi connectivity index (χ4n) is 3.44. The molecule has 0 saturated carbocycles. The molecule has 4 rings (SSSR count). The SMILES string of the molecule is CN1CCN(C(=O)Cn2c(=O)c3cnc(-c4ccccc4)nc3n(C)c2=O)CC1. The number of benzene rings is 1. The van der Waals surface area contributed by atoms with Crippen LogP contribution < -0.4 is 11.2 Å². The fraction of sp³-hybridized carbons (Fsp3) is 0.350. The van der Waals surface area contributed by atoms with Crippen LogP contribution in [0.5, 0.6) is 0 Å². The number of hydrogen-bond donors (Lipinski definition) is 0. The molecule has 9 heteroatoms. The third-order valence-corrected chi connectivity index (χ3v) is 5.26. The van der Waals surface area contributed by atoms with Gasteiger partial charge in [0, 0.05) is 45.0 Å². The third kappa shape index (κ3) is 3.56. The van der Waals surface area contributed by atoms with Gasteiger partial charge >= 0.3 is 5.69 Å². The van der Waals surface area contributed by atoms with E-state index in [0.29, 0.717) is 18.9 Å². The summed E-state index contributed by atoms with van der Waals surface area (Å²) in [6.07, 6.45) is 1.42. The molecule has 0 unspecified atom stereocenters. The third-order valence-electron chi connectivity index (χ3n) is 5.26. The van der Waals surface area contributed by atoms with Gasteiger partial charge < -0.3 is 9.80 Å². The molecule has 0 N–H and O–H groups in total. The Bertz CT molecular complexity index is 1180. The molecule has 0 bridgehead atoms. The highest BCUT2D eigenvalue weighted by Gasteiger charge is 2.22. The second kappa shape index (κ2) is 7.59. The van der Waals surface area contributed by atoms with Crippen molar-refractivity contribution >= 4 is 16.9 Å². The van der Waals surface area contributed by atoms with Gasteiger partial charge in [0.1, 0.15) is 11.9 Å². The predicted octanol–water partition coefficient (Wildman–Crippen LogP) is -0.0688. The van der Waals surface area contributed by atoms with Crippen LogP contribution in [0.2, 0.25) is 0 Å². The van der Waals surface area contributed by atoms with Gasteiger partial charge in [0.15, 0.2) is 11.5 Å². The number of nitrogens with zero attached hydrogens (tertiary/aromatic N) is 6. The Hall–Kier alpha value is -3.33. The maximum Gasteiger partial charge on any atom is 0.332 e. The van der Waals surface area contributed by atoms with E-state index in [4.69, 9.17) is 0 Å². The minimum Gasteiger partial charge on any atom is -0.339 e. The van der Waals surface area contributed by atoms with Gasteiger partial charge in [-0.2, -0.15) is 0 Å². The smallest absolute Gasteiger partial charge is 0.332 e. The van der Waals surface area contributed by atoms with Crippen LogP contribution in [-0.4, -0.2) is 68.0 Å². The number of likely N-dealkylation sites (N-methyl/N-ethyl adjacent to an activating group) is 1. The highest BCUT2D eigenvalue weighted by molar-refractivity contribution is 5.78. The molecular formula is C20H22N6O3. The summed E-state index contributed by atoms with van der Waals surface area (Å²) in [6.45, 7) is 2.42. The van der Waals surface area contributed by atoms with Crippen LogP contribution >= 0.6 is 0 Å². The standard InChI is InChI=1S/C20H22N6O3/c1-23-8-10-25(11-9-23)16(27)13-26-19(28)15-12-21-17(14-6-4-3-5-7-14)22-18(15)24(2)20(26)29/h3-7,12H,8-11,13H2,1-2H3. The number of rotatable bonds is 3. The molecule has 1 aromatic carbocycles. The second-order valence-electron chi connectivity index (χ2n) is 7.21. The highest BCUT2D eigenvalue weighted by Crippen LogP contribution is 2.15. The van der Waals surface area contributed by atoms with Gasteiger partial charge in [0.05, 0.1) is 0 Å². The number of fused-ring (bicyclic) bond motifs is 1. The molecule has 150 valence electrons. The molecular weight excluding hydrogens is 372 g/mol. The van der Waals surface area contributed by atoms with Gasteiger partial charge in [-0.1, -0.05) is 30.3 Å². The van der Waals surface area contributed by atoms with Crippen LogP contribution in [0.1, 0.15) is 0 Å². The van der Waals surface area contributed by atoms with Gasteiger partial charge in [-0.3, -0.25) is 18.7 Å². The number of aromatic nitrogens is 4. The Labute approximate surface area is 166 Å². The lowest BCUT2D eigenvalue weighted by Gasteiger charge is -2.32. The van der Waals surface area contributed by atoms with Gasteiger partial charge in [0.2, 0.25) is 5.91 Å². The van der Waals surface area contributed by atoms with Crippen LogP contribution in [0, 0.1) is 0 Å². The predicted molar refractivity (Wildman–Crippen MR) is 109 cm³/mol. The number of aryl methyl sites for hydroxylation is 1. The van der Waals surface area contributed by atoms with Crippen molar-refractivity contribution in [2.45, 2.75) is 6.54 Å². The van der Waals surface area contributed by atoms with Crippen molar-refractivity contribution in [3.8, 4) is 11.4 Å².